The summed E-state index contributed by atoms with van der Waals surface area (Å²) < 4.78 is 0. The van der Waals surface area contributed by atoms with Crippen molar-refractivity contribution in [3.05, 3.63) is 0 Å². The normalized spacial score (nSPS) is 17.8. The van der Waals surface area contributed by atoms with Crippen LogP contribution in [0, 0.1) is 0 Å². The highest BCUT2D eigenvalue weighted by molar-refractivity contribution is 5.76. The lowest BCUT2D eigenvalue weighted by atomic mass is 10.5. The highest BCUT2D eigenvalue weighted by Gasteiger charge is 2.19. The molecule has 0 unspecified atom stereocenters. The van der Waals surface area contributed by atoms with Crippen LogP contribution in [0.15, 0.2) is 0 Å². The molecule has 1 heterocycles. The Morgan fingerprint density at radius 1 is 1.08 bits per heavy atom. The first-order valence-corrected chi connectivity index (χ1v) is 3.83. The Hall–Kier alpha value is -1.10. The molecule has 5 nitrogen and oxygen atoms in total. The number of nitrogens with one attached hydrogen (secondary N) is 1. The fraction of sp³-hybridized carbons (Fsp3) is 0.714. The fourth-order valence-electron chi connectivity index (χ4n) is 1.05. The maximum atomic E-state index is 10.9. The minimum atomic E-state index is -0.0200. The molecule has 0 aromatic carbocycles. The Morgan fingerprint density at radius 3 is 1.83 bits per heavy atom. The molecular formula is C7H13N3O2. The third-order valence-corrected chi connectivity index (χ3v) is 1.84. The van der Waals surface area contributed by atoms with Crippen LogP contribution in [0.3, 0.4) is 0 Å². The third-order valence-electron chi connectivity index (χ3n) is 1.84. The van der Waals surface area contributed by atoms with Crippen LogP contribution < -0.4 is 5.32 Å². The van der Waals surface area contributed by atoms with Crippen molar-refractivity contribution in [3.63, 3.8) is 0 Å². The van der Waals surface area contributed by atoms with Crippen molar-refractivity contribution < 1.29 is 9.59 Å². The standard InChI is InChI=1S/C7H13N3O2/c1-6(11)9-3-8-4-10(5-9)7(2)12/h8H,3-5H2,1-2H3. The van der Waals surface area contributed by atoms with Gasteiger partial charge in [0.15, 0.2) is 0 Å². The molecule has 0 spiro atoms. The summed E-state index contributed by atoms with van der Waals surface area (Å²) in [5.41, 5.74) is 0. The van der Waals surface area contributed by atoms with Gasteiger partial charge in [0.2, 0.25) is 11.8 Å². The van der Waals surface area contributed by atoms with Gasteiger partial charge in [-0.2, -0.15) is 0 Å². The van der Waals surface area contributed by atoms with Gasteiger partial charge in [-0.15, -0.1) is 0 Å². The zero-order valence-corrected chi connectivity index (χ0v) is 7.33. The SMILES string of the molecule is CC(=O)N1CNCN(C(C)=O)C1. The number of carbonyl (C=O) groups excluding carboxylic acids is 2. The second-order valence-electron chi connectivity index (χ2n) is 2.83. The van der Waals surface area contributed by atoms with Crippen LogP contribution in [-0.2, 0) is 9.59 Å². The van der Waals surface area contributed by atoms with E-state index >= 15 is 0 Å². The summed E-state index contributed by atoms with van der Waals surface area (Å²) >= 11 is 0. The molecule has 5 heteroatoms. The lowest BCUT2D eigenvalue weighted by molar-refractivity contribution is -0.141. The highest BCUT2D eigenvalue weighted by Crippen LogP contribution is 1.98. The number of hydrogen-bond acceptors (Lipinski definition) is 3. The molecule has 1 aliphatic rings. The lowest BCUT2D eigenvalue weighted by Gasteiger charge is -2.34. The molecule has 1 aliphatic heterocycles. The van der Waals surface area contributed by atoms with E-state index in [0.29, 0.717) is 20.0 Å². The van der Waals surface area contributed by atoms with Gasteiger partial charge in [0.1, 0.15) is 0 Å². The van der Waals surface area contributed by atoms with Crippen molar-refractivity contribution in [3.8, 4) is 0 Å². The Bertz CT molecular complexity index is 185. The van der Waals surface area contributed by atoms with E-state index < -0.39 is 0 Å². The molecule has 0 aliphatic carbocycles. The van der Waals surface area contributed by atoms with Gasteiger partial charge >= 0.3 is 0 Å². The monoisotopic (exact) mass is 171 g/mol. The quantitative estimate of drug-likeness (QED) is 0.517. The minimum Gasteiger partial charge on any atom is -0.312 e. The van der Waals surface area contributed by atoms with Crippen molar-refractivity contribution in [2.45, 2.75) is 13.8 Å². The largest absolute Gasteiger partial charge is 0.312 e. The molecule has 68 valence electrons. The number of hydrogen-bond donors (Lipinski definition) is 1. The Labute approximate surface area is 71.3 Å². The minimum absolute atomic E-state index is 0.0200. The van der Waals surface area contributed by atoms with E-state index in [1.807, 2.05) is 0 Å². The molecule has 0 atom stereocenters. The van der Waals surface area contributed by atoms with Crippen LogP contribution in [0.25, 0.3) is 0 Å². The van der Waals surface area contributed by atoms with Crippen molar-refractivity contribution in [1.29, 1.82) is 0 Å². The molecular weight excluding hydrogens is 158 g/mol. The third kappa shape index (κ3) is 1.94. The van der Waals surface area contributed by atoms with E-state index in [2.05, 4.69) is 5.32 Å². The molecule has 12 heavy (non-hydrogen) atoms. The maximum absolute atomic E-state index is 10.9. The molecule has 0 bridgehead atoms. The smallest absolute Gasteiger partial charge is 0.221 e. The van der Waals surface area contributed by atoms with E-state index in [1.54, 1.807) is 9.80 Å². The van der Waals surface area contributed by atoms with E-state index in [-0.39, 0.29) is 11.8 Å². The van der Waals surface area contributed by atoms with E-state index in [4.69, 9.17) is 0 Å². The molecule has 1 saturated heterocycles. The topological polar surface area (TPSA) is 52.7 Å². The molecule has 0 radical (unpaired) electrons. The summed E-state index contributed by atoms with van der Waals surface area (Å²) in [6.45, 7) is 4.44. The van der Waals surface area contributed by atoms with Crippen LogP contribution in [0.1, 0.15) is 13.8 Å². The molecule has 0 aromatic rings. The zero-order valence-electron chi connectivity index (χ0n) is 7.33. The summed E-state index contributed by atoms with van der Waals surface area (Å²) in [7, 11) is 0. The van der Waals surface area contributed by atoms with Crippen LogP contribution in [-0.4, -0.2) is 41.6 Å². The summed E-state index contributed by atoms with van der Waals surface area (Å²) in [6.07, 6.45) is 0. The number of rotatable bonds is 0. The molecule has 1 fully saturated rings. The summed E-state index contributed by atoms with van der Waals surface area (Å²) in [5.74, 6) is -0.0399. The average Bonchev–Trinajstić information content (AvgIpc) is 2.04. The first-order chi connectivity index (χ1) is 5.61. The summed E-state index contributed by atoms with van der Waals surface area (Å²) in [4.78, 5) is 25.0. The van der Waals surface area contributed by atoms with Crippen LogP contribution >= 0.6 is 0 Å². The van der Waals surface area contributed by atoms with Crippen molar-refractivity contribution in [2.24, 2.45) is 0 Å². The van der Waals surface area contributed by atoms with Crippen LogP contribution in [0.5, 0.6) is 0 Å². The zero-order chi connectivity index (χ0) is 9.14. The summed E-state index contributed by atoms with van der Waals surface area (Å²) in [6, 6.07) is 0. The second-order valence-corrected chi connectivity index (χ2v) is 2.83. The molecule has 1 rings (SSSR count). The van der Waals surface area contributed by atoms with Crippen molar-refractivity contribution >= 4 is 11.8 Å². The average molecular weight is 171 g/mol. The van der Waals surface area contributed by atoms with Gasteiger partial charge in [-0.1, -0.05) is 0 Å². The van der Waals surface area contributed by atoms with Crippen molar-refractivity contribution in [1.82, 2.24) is 15.1 Å². The Kier molecular flexibility index (Phi) is 2.65. The highest BCUT2D eigenvalue weighted by atomic mass is 16.2. The Balaban J connectivity index is 2.51. The van der Waals surface area contributed by atoms with Gasteiger partial charge in [0.05, 0.1) is 20.0 Å². The predicted octanol–water partition coefficient (Wildman–Crippen LogP) is -0.841. The molecule has 1 N–H and O–H groups in total. The van der Waals surface area contributed by atoms with E-state index in [9.17, 15) is 9.59 Å². The number of carbonyl (C=O) groups is 2. The van der Waals surface area contributed by atoms with Gasteiger partial charge in [-0.25, -0.2) is 0 Å². The van der Waals surface area contributed by atoms with E-state index in [0.717, 1.165) is 0 Å². The molecule has 2 amide bonds. The second kappa shape index (κ2) is 3.53. The fourth-order valence-corrected chi connectivity index (χ4v) is 1.05. The number of nitrogens with zero attached hydrogens (tertiary/aromatic N) is 2. The van der Waals surface area contributed by atoms with Gasteiger partial charge in [-0.05, 0) is 0 Å². The first-order valence-electron chi connectivity index (χ1n) is 3.83. The van der Waals surface area contributed by atoms with Gasteiger partial charge in [0, 0.05) is 13.8 Å². The molecule has 0 aromatic heterocycles. The van der Waals surface area contributed by atoms with Gasteiger partial charge in [0.25, 0.3) is 0 Å². The first kappa shape index (κ1) is 8.99. The maximum Gasteiger partial charge on any atom is 0.221 e. The summed E-state index contributed by atoms with van der Waals surface area (Å²) in [5, 5.41) is 2.96. The van der Waals surface area contributed by atoms with Crippen molar-refractivity contribution in [2.75, 3.05) is 20.0 Å². The Morgan fingerprint density at radius 2 is 1.50 bits per heavy atom. The lowest BCUT2D eigenvalue weighted by Crippen LogP contribution is -2.55. The number of amides is 2. The van der Waals surface area contributed by atoms with Gasteiger partial charge < -0.3 is 9.80 Å². The predicted molar refractivity (Wildman–Crippen MR) is 42.8 cm³/mol. The van der Waals surface area contributed by atoms with Crippen LogP contribution in [0.2, 0.25) is 0 Å². The van der Waals surface area contributed by atoms with Crippen LogP contribution in [0.4, 0.5) is 0 Å². The van der Waals surface area contributed by atoms with E-state index in [1.165, 1.54) is 13.8 Å². The molecule has 0 saturated carbocycles. The van der Waals surface area contributed by atoms with Gasteiger partial charge in [-0.3, -0.25) is 14.9 Å².